The Kier molecular flexibility index (Phi) is 9.10. The number of hydrogen-bond donors (Lipinski definition) is 5. The molecule has 6 aromatic rings. The van der Waals surface area contributed by atoms with Crippen molar-refractivity contribution in [2.45, 2.75) is 30.6 Å². The van der Waals surface area contributed by atoms with E-state index >= 15 is 0 Å². The molecule has 7 rings (SSSR count). The highest BCUT2D eigenvalue weighted by molar-refractivity contribution is 7.85. The van der Waals surface area contributed by atoms with Gasteiger partial charge in [-0.1, -0.05) is 48.6 Å². The van der Waals surface area contributed by atoms with Crippen molar-refractivity contribution in [1.82, 2.24) is 0 Å². The highest BCUT2D eigenvalue weighted by atomic mass is 32.2. The summed E-state index contributed by atoms with van der Waals surface area (Å²) in [5.74, 6) is -0.606. The first-order valence-corrected chi connectivity index (χ1v) is 17.9. The number of aldehydes is 1. The Morgan fingerprint density at radius 3 is 1.40 bits per heavy atom. The average molecular weight is 713 g/mol. The summed E-state index contributed by atoms with van der Waals surface area (Å²) in [5, 5.41) is 46.0. The minimum Gasteiger partial charge on any atom is -0.507 e. The van der Waals surface area contributed by atoms with Crippen molar-refractivity contribution in [2.24, 2.45) is 0 Å². The van der Waals surface area contributed by atoms with E-state index < -0.39 is 15.0 Å². The van der Waals surface area contributed by atoms with E-state index in [2.05, 4.69) is 0 Å². The van der Waals surface area contributed by atoms with Gasteiger partial charge in [0.15, 0.2) is 12.4 Å². The topological polar surface area (TPSA) is 156 Å². The van der Waals surface area contributed by atoms with E-state index in [4.69, 9.17) is 0 Å². The van der Waals surface area contributed by atoms with Crippen LogP contribution in [0.2, 0.25) is 0 Å². The molecule has 52 heavy (non-hydrogen) atoms. The molecule has 10 heteroatoms. The quantitative estimate of drug-likeness (QED) is 0.0751. The predicted molar refractivity (Wildman–Crippen MR) is 196 cm³/mol. The Bertz CT molecular complexity index is 2490. The second kappa shape index (κ2) is 13.8. The van der Waals surface area contributed by atoms with Gasteiger partial charge in [0.05, 0.1) is 4.90 Å². The Hall–Kier alpha value is -6.23. The molecule has 9 nitrogen and oxygen atoms in total. The second-order valence-corrected chi connectivity index (χ2v) is 14.3. The number of hydrogen-bond acceptors (Lipinski definition) is 7. The van der Waals surface area contributed by atoms with Crippen LogP contribution in [0.25, 0.3) is 17.8 Å². The van der Waals surface area contributed by atoms with Gasteiger partial charge in [0.2, 0.25) is 5.69 Å². The van der Waals surface area contributed by atoms with E-state index in [0.717, 1.165) is 23.4 Å². The lowest BCUT2D eigenvalue weighted by Crippen LogP contribution is -2.28. The lowest BCUT2D eigenvalue weighted by molar-refractivity contribution is -0.595. The molecule has 1 aliphatic carbocycles. The van der Waals surface area contributed by atoms with Crippen LogP contribution in [0.3, 0.4) is 0 Å². The highest BCUT2D eigenvalue weighted by Crippen LogP contribution is 2.39. The third-order valence-corrected chi connectivity index (χ3v) is 10.2. The van der Waals surface area contributed by atoms with E-state index in [1.165, 1.54) is 12.1 Å². The fraction of sp³-hybridized carbons (Fsp3) is 0.0952. The van der Waals surface area contributed by atoms with E-state index in [-0.39, 0.29) is 70.9 Å². The van der Waals surface area contributed by atoms with E-state index in [9.17, 15) is 38.2 Å². The van der Waals surface area contributed by atoms with Gasteiger partial charge in [-0.25, -0.2) is 0 Å². The number of carbonyl (C=O) groups excluding carboxylic acids is 1. The number of aromatic hydroxyl groups is 4. The fourth-order valence-electron chi connectivity index (χ4n) is 6.69. The van der Waals surface area contributed by atoms with Crippen LogP contribution < -0.4 is 4.57 Å². The molecule has 0 saturated heterocycles. The van der Waals surface area contributed by atoms with Gasteiger partial charge in [-0.05, 0) is 80.9 Å². The molecular weight excluding hydrogens is 679 g/mol. The van der Waals surface area contributed by atoms with E-state index in [0.29, 0.717) is 39.7 Å². The van der Waals surface area contributed by atoms with Crippen molar-refractivity contribution in [3.63, 3.8) is 0 Å². The maximum atomic E-state index is 12.4. The summed E-state index contributed by atoms with van der Waals surface area (Å²) in [5.41, 5.74) is 5.39. The number of phenols is 4. The van der Waals surface area contributed by atoms with Gasteiger partial charge < -0.3 is 20.4 Å². The molecule has 5 N–H and O–H groups in total. The van der Waals surface area contributed by atoms with Gasteiger partial charge in [-0.15, -0.1) is 0 Å². The summed E-state index contributed by atoms with van der Waals surface area (Å²) in [6, 6.07) is 27.8. The maximum absolute atomic E-state index is 12.4. The monoisotopic (exact) mass is 712 g/mol. The van der Waals surface area contributed by atoms with Crippen LogP contribution in [0.5, 0.6) is 23.0 Å². The third-order valence-electron chi connectivity index (χ3n) is 9.36. The summed E-state index contributed by atoms with van der Waals surface area (Å²) in [6.45, 7) is 0. The van der Waals surface area contributed by atoms with Crippen LogP contribution in [0.1, 0.15) is 66.0 Å². The van der Waals surface area contributed by atoms with Crippen LogP contribution in [-0.2, 0) is 35.8 Å². The zero-order valence-corrected chi connectivity index (χ0v) is 28.6. The lowest BCUT2D eigenvalue weighted by Gasteiger charge is -2.18. The van der Waals surface area contributed by atoms with Crippen LogP contribution in [-0.4, -0.2) is 39.7 Å². The molecule has 1 heterocycles. The average Bonchev–Trinajstić information content (AvgIpc) is 3.13. The molecular formula is C42H34NO8S+. The molecule has 0 aliphatic heterocycles. The van der Waals surface area contributed by atoms with Gasteiger partial charge in [0.1, 0.15) is 29.3 Å². The highest BCUT2D eigenvalue weighted by Gasteiger charge is 2.23. The zero-order valence-electron chi connectivity index (χ0n) is 27.8. The normalized spacial score (nSPS) is 12.9. The summed E-state index contributed by atoms with van der Waals surface area (Å²) in [4.78, 5) is 11.4. The molecule has 0 saturated carbocycles. The van der Waals surface area contributed by atoms with Gasteiger partial charge in [-0.3, -0.25) is 9.35 Å². The van der Waals surface area contributed by atoms with Gasteiger partial charge in [-0.2, -0.15) is 13.0 Å². The Morgan fingerprint density at radius 2 is 0.923 bits per heavy atom. The van der Waals surface area contributed by atoms with Crippen molar-refractivity contribution < 1.29 is 42.8 Å². The number of fused-ring (bicyclic) bond motifs is 8. The molecule has 0 amide bonds. The predicted octanol–water partition coefficient (Wildman–Crippen LogP) is 6.69. The molecule has 260 valence electrons. The summed E-state index contributed by atoms with van der Waals surface area (Å²) in [7, 11) is -4.74. The van der Waals surface area contributed by atoms with Crippen molar-refractivity contribution >= 4 is 28.6 Å². The minimum absolute atomic E-state index is 0.0226. The Labute approximate surface area is 300 Å². The lowest BCUT2D eigenvalue weighted by atomic mass is 9.90. The van der Waals surface area contributed by atoms with Crippen LogP contribution in [0.15, 0.2) is 114 Å². The van der Waals surface area contributed by atoms with E-state index in [1.807, 2.05) is 71.6 Å². The number of nitrogens with zero attached hydrogens (tertiary/aromatic N) is 1. The van der Waals surface area contributed by atoms with Crippen LogP contribution in [0.4, 0.5) is 0 Å². The third kappa shape index (κ3) is 7.02. The van der Waals surface area contributed by atoms with E-state index in [1.54, 1.807) is 30.3 Å². The van der Waals surface area contributed by atoms with Crippen molar-refractivity contribution in [3.05, 3.63) is 171 Å². The zero-order chi connectivity index (χ0) is 36.6. The molecule has 1 aliphatic rings. The maximum Gasteiger partial charge on any atom is 0.294 e. The molecule has 0 fully saturated rings. The van der Waals surface area contributed by atoms with Gasteiger partial charge >= 0.3 is 0 Å². The second-order valence-electron chi connectivity index (χ2n) is 12.9. The molecule has 0 radical (unpaired) electrons. The van der Waals surface area contributed by atoms with Crippen LogP contribution in [0, 0.1) is 0 Å². The largest absolute Gasteiger partial charge is 0.507 e. The van der Waals surface area contributed by atoms with Gasteiger partial charge in [0, 0.05) is 66.6 Å². The molecule has 1 aromatic heterocycles. The minimum atomic E-state index is -4.74. The number of phenolic OH excluding ortho intramolecular Hbond substituents is 4. The summed E-state index contributed by atoms with van der Waals surface area (Å²) < 4.78 is 36.9. The number of pyridine rings is 1. The molecule has 0 atom stereocenters. The first kappa shape index (κ1) is 34.2. The summed E-state index contributed by atoms with van der Waals surface area (Å²) >= 11 is 0. The fourth-order valence-corrected chi connectivity index (χ4v) is 7.27. The van der Waals surface area contributed by atoms with Crippen molar-refractivity contribution in [2.75, 3.05) is 0 Å². The molecule has 0 unspecified atom stereocenters. The first-order valence-electron chi connectivity index (χ1n) is 16.5. The van der Waals surface area contributed by atoms with Crippen molar-refractivity contribution in [3.8, 4) is 28.7 Å². The first-order chi connectivity index (χ1) is 25.0. The number of carbonyl (C=O) groups is 1. The standard InChI is InChI=1S/C42H33NO8S/c44-25-28-17-33-20-30-6-4-5-29(39(30)45)19-31-15-27(10-9-26-11-13-43(14-12-26)37-7-2-1-3-8-37)16-32(40(31)46)21-35-23-38(52(49,50)51)24-36(42(35)48)22-34(18-28)41(33)47/h1-18,23-25H,19-22H2,(H4,44,45,47,48,49,50,51)/p+1. The van der Waals surface area contributed by atoms with Crippen molar-refractivity contribution in [1.29, 1.82) is 0 Å². The number of para-hydroxylation sites is 2. The molecule has 5 aromatic carbocycles. The summed E-state index contributed by atoms with van der Waals surface area (Å²) in [6.07, 6.45) is 8.13. The Morgan fingerprint density at radius 1 is 0.500 bits per heavy atom. The smallest absolute Gasteiger partial charge is 0.294 e. The Balaban J connectivity index is 1.38. The molecule has 0 spiro atoms. The number of benzene rings is 5. The van der Waals surface area contributed by atoms with Gasteiger partial charge in [0.25, 0.3) is 10.1 Å². The molecule has 8 bridgehead atoms. The SMILES string of the molecule is O=Cc1cc2c(O)c(c1)Cc1cc(S(=O)(=O)O)cc(c1O)Cc1cc(/C=C/c3cc[n+](-c4ccccc4)cc3)cc(c1O)Cc1cccc(c1O)C2. The van der Waals surface area contributed by atoms with Crippen LogP contribution >= 0.6 is 0 Å². The number of rotatable bonds is 5. The number of aromatic nitrogens is 1.